The molecule has 0 saturated carbocycles. The lowest BCUT2D eigenvalue weighted by atomic mass is 10.1. The topological polar surface area (TPSA) is 113 Å². The lowest BCUT2D eigenvalue weighted by molar-refractivity contribution is 0.102. The van der Waals surface area contributed by atoms with Crippen LogP contribution in [0.1, 0.15) is 16.2 Å². The number of rotatable bonds is 3. The predicted octanol–water partition coefficient (Wildman–Crippen LogP) is 3.12. The van der Waals surface area contributed by atoms with E-state index >= 15 is 0 Å². The molecule has 2 aromatic heterocycles. The molecule has 152 valence electrons. The minimum absolute atomic E-state index is 0.158. The third-order valence-electron chi connectivity index (χ3n) is 5.10. The summed E-state index contributed by atoms with van der Waals surface area (Å²) in [5.41, 5.74) is 3.08. The van der Waals surface area contributed by atoms with Crippen LogP contribution < -0.4 is 16.6 Å². The third-order valence-corrected chi connectivity index (χ3v) is 5.10. The Balaban J connectivity index is 1.44. The standard InChI is InChI=1S/C23H17N5O3/c1-13-24-18-5-3-2-4-17(18)22(30)28(13)16-9-6-14(7-10-16)21(29)25-15-8-11-19-20(12-15)27-23(31)26-19/h2-12H,1H3,(H,25,29)(H2,26,27,31). The molecule has 1 amide bonds. The molecular weight excluding hydrogens is 394 g/mol. The van der Waals surface area contributed by atoms with Crippen LogP contribution in [0.3, 0.4) is 0 Å². The van der Waals surface area contributed by atoms with Gasteiger partial charge in [0.1, 0.15) is 5.82 Å². The van der Waals surface area contributed by atoms with Gasteiger partial charge in [0.25, 0.3) is 11.5 Å². The first-order valence-corrected chi connectivity index (χ1v) is 9.62. The number of aryl methyl sites for hydroxylation is 1. The van der Waals surface area contributed by atoms with Crippen molar-refractivity contribution < 1.29 is 4.79 Å². The Bertz CT molecular complexity index is 1580. The van der Waals surface area contributed by atoms with Crippen LogP contribution in [0.2, 0.25) is 0 Å². The molecule has 0 unspecified atom stereocenters. The number of imidazole rings is 1. The van der Waals surface area contributed by atoms with Crippen LogP contribution in [0.4, 0.5) is 5.69 Å². The normalized spacial score (nSPS) is 11.1. The number of H-pyrrole nitrogens is 2. The van der Waals surface area contributed by atoms with Crippen molar-refractivity contribution in [2.45, 2.75) is 6.92 Å². The Morgan fingerprint density at radius 1 is 0.935 bits per heavy atom. The third kappa shape index (κ3) is 3.29. The van der Waals surface area contributed by atoms with Gasteiger partial charge in [-0.05, 0) is 61.5 Å². The molecule has 31 heavy (non-hydrogen) atoms. The molecule has 8 nitrogen and oxygen atoms in total. The van der Waals surface area contributed by atoms with E-state index in [1.165, 1.54) is 4.57 Å². The number of carbonyl (C=O) groups excluding carboxylic acids is 1. The van der Waals surface area contributed by atoms with Crippen LogP contribution in [0, 0.1) is 6.92 Å². The second-order valence-corrected chi connectivity index (χ2v) is 7.16. The molecule has 0 aliphatic heterocycles. The van der Waals surface area contributed by atoms with Gasteiger partial charge in [-0.25, -0.2) is 9.78 Å². The molecule has 0 fully saturated rings. The van der Waals surface area contributed by atoms with E-state index in [0.717, 1.165) is 0 Å². The van der Waals surface area contributed by atoms with Crippen LogP contribution in [0.5, 0.6) is 0 Å². The number of fused-ring (bicyclic) bond motifs is 2. The van der Waals surface area contributed by atoms with E-state index in [1.807, 2.05) is 12.1 Å². The number of amides is 1. The van der Waals surface area contributed by atoms with Crippen molar-refractivity contribution in [1.82, 2.24) is 19.5 Å². The number of hydrogen-bond donors (Lipinski definition) is 3. The second kappa shape index (κ2) is 7.10. The van der Waals surface area contributed by atoms with Gasteiger partial charge in [0.15, 0.2) is 0 Å². The van der Waals surface area contributed by atoms with E-state index in [4.69, 9.17) is 0 Å². The maximum absolute atomic E-state index is 12.9. The van der Waals surface area contributed by atoms with Crippen LogP contribution in [-0.2, 0) is 0 Å². The number of carbonyl (C=O) groups is 1. The van der Waals surface area contributed by atoms with E-state index in [0.29, 0.717) is 44.7 Å². The molecule has 0 bridgehead atoms. The number of nitrogens with one attached hydrogen (secondary N) is 3. The van der Waals surface area contributed by atoms with Gasteiger partial charge in [0, 0.05) is 11.3 Å². The molecule has 0 aliphatic rings. The molecule has 5 aromatic rings. The highest BCUT2D eigenvalue weighted by Gasteiger charge is 2.12. The zero-order chi connectivity index (χ0) is 21.5. The average molecular weight is 411 g/mol. The number of hydrogen-bond acceptors (Lipinski definition) is 4. The van der Waals surface area contributed by atoms with Crippen molar-refractivity contribution in [3.8, 4) is 5.69 Å². The monoisotopic (exact) mass is 411 g/mol. The highest BCUT2D eigenvalue weighted by molar-refractivity contribution is 6.05. The Morgan fingerprint density at radius 2 is 1.68 bits per heavy atom. The Labute approximate surface area is 175 Å². The Hall–Kier alpha value is -4.46. The van der Waals surface area contributed by atoms with Crippen LogP contribution in [0.15, 0.2) is 76.3 Å². The highest BCUT2D eigenvalue weighted by atomic mass is 16.2. The van der Waals surface area contributed by atoms with Crippen molar-refractivity contribution in [2.75, 3.05) is 5.32 Å². The minimum atomic E-state index is -0.303. The van der Waals surface area contributed by atoms with Crippen molar-refractivity contribution in [2.24, 2.45) is 0 Å². The summed E-state index contributed by atoms with van der Waals surface area (Å²) in [6.45, 7) is 1.77. The van der Waals surface area contributed by atoms with Crippen LogP contribution in [0.25, 0.3) is 27.6 Å². The van der Waals surface area contributed by atoms with E-state index in [9.17, 15) is 14.4 Å². The highest BCUT2D eigenvalue weighted by Crippen LogP contribution is 2.17. The SMILES string of the molecule is Cc1nc2ccccc2c(=O)n1-c1ccc(C(=O)Nc2ccc3[nH]c(=O)[nH]c3c2)cc1. The minimum Gasteiger partial charge on any atom is -0.322 e. The number of aromatic amines is 2. The first-order valence-electron chi connectivity index (χ1n) is 9.62. The van der Waals surface area contributed by atoms with E-state index in [2.05, 4.69) is 20.3 Å². The van der Waals surface area contributed by atoms with Gasteiger partial charge in [-0.15, -0.1) is 0 Å². The summed E-state index contributed by atoms with van der Waals surface area (Å²) >= 11 is 0. The quantitative estimate of drug-likeness (QED) is 0.423. The summed E-state index contributed by atoms with van der Waals surface area (Å²) in [5.74, 6) is 0.263. The number of para-hydroxylation sites is 1. The lowest BCUT2D eigenvalue weighted by Gasteiger charge is -2.11. The fourth-order valence-corrected chi connectivity index (χ4v) is 3.62. The number of nitrogens with zero attached hydrogens (tertiary/aromatic N) is 2. The summed E-state index contributed by atoms with van der Waals surface area (Å²) in [7, 11) is 0. The molecule has 0 atom stereocenters. The van der Waals surface area contributed by atoms with Gasteiger partial charge >= 0.3 is 5.69 Å². The van der Waals surface area contributed by atoms with Gasteiger partial charge in [-0.1, -0.05) is 12.1 Å². The maximum atomic E-state index is 12.9. The molecular formula is C23H17N5O3. The molecule has 3 N–H and O–H groups in total. The van der Waals surface area contributed by atoms with Gasteiger partial charge in [0.05, 0.1) is 27.6 Å². The van der Waals surface area contributed by atoms with E-state index < -0.39 is 0 Å². The smallest absolute Gasteiger partial charge is 0.322 e. The first kappa shape index (κ1) is 18.6. The molecule has 0 aliphatic carbocycles. The predicted molar refractivity (Wildman–Crippen MR) is 119 cm³/mol. The lowest BCUT2D eigenvalue weighted by Crippen LogP contribution is -2.22. The summed E-state index contributed by atoms with van der Waals surface area (Å²) in [5, 5.41) is 3.35. The Morgan fingerprint density at radius 3 is 2.48 bits per heavy atom. The molecule has 0 saturated heterocycles. The average Bonchev–Trinajstić information content (AvgIpc) is 3.13. The summed E-state index contributed by atoms with van der Waals surface area (Å²) in [6.07, 6.45) is 0. The van der Waals surface area contributed by atoms with E-state index in [1.54, 1.807) is 61.5 Å². The van der Waals surface area contributed by atoms with Gasteiger partial charge in [0.2, 0.25) is 0 Å². The van der Waals surface area contributed by atoms with E-state index in [-0.39, 0.29) is 17.2 Å². The number of aromatic nitrogens is 4. The maximum Gasteiger partial charge on any atom is 0.323 e. The molecule has 8 heteroatoms. The van der Waals surface area contributed by atoms with Crippen LogP contribution >= 0.6 is 0 Å². The number of benzene rings is 3. The molecule has 0 spiro atoms. The zero-order valence-electron chi connectivity index (χ0n) is 16.5. The largest absolute Gasteiger partial charge is 0.323 e. The summed E-state index contributed by atoms with van der Waals surface area (Å²) in [4.78, 5) is 46.8. The fourth-order valence-electron chi connectivity index (χ4n) is 3.62. The zero-order valence-corrected chi connectivity index (χ0v) is 16.5. The molecule has 5 rings (SSSR count). The summed E-state index contributed by atoms with van der Waals surface area (Å²) in [6, 6.07) is 19.1. The van der Waals surface area contributed by atoms with Crippen molar-refractivity contribution in [3.05, 3.63) is 99.0 Å². The Kier molecular flexibility index (Phi) is 4.25. The van der Waals surface area contributed by atoms with Crippen LogP contribution in [-0.4, -0.2) is 25.4 Å². The van der Waals surface area contributed by atoms with Crippen molar-refractivity contribution in [3.63, 3.8) is 0 Å². The summed E-state index contributed by atoms with van der Waals surface area (Å²) < 4.78 is 1.53. The second-order valence-electron chi connectivity index (χ2n) is 7.16. The first-order chi connectivity index (χ1) is 15.0. The number of anilines is 1. The fraction of sp³-hybridized carbons (Fsp3) is 0.0435. The molecule has 2 heterocycles. The van der Waals surface area contributed by atoms with Gasteiger partial charge < -0.3 is 15.3 Å². The van der Waals surface area contributed by atoms with Gasteiger partial charge in [-0.2, -0.15) is 0 Å². The molecule has 3 aromatic carbocycles. The van der Waals surface area contributed by atoms with Crippen molar-refractivity contribution in [1.29, 1.82) is 0 Å². The van der Waals surface area contributed by atoms with Gasteiger partial charge in [-0.3, -0.25) is 14.2 Å². The van der Waals surface area contributed by atoms with Crippen molar-refractivity contribution >= 4 is 33.5 Å². The molecule has 0 radical (unpaired) electrons.